The van der Waals surface area contributed by atoms with E-state index >= 15 is 0 Å². The van der Waals surface area contributed by atoms with E-state index in [1.807, 2.05) is 6.92 Å². The number of rotatable bonds is 4. The molecule has 1 amide bonds. The van der Waals surface area contributed by atoms with Crippen LogP contribution in [-0.4, -0.2) is 15.5 Å². The lowest BCUT2D eigenvalue weighted by molar-refractivity contribution is -0.122. The summed E-state index contributed by atoms with van der Waals surface area (Å²) in [5, 5.41) is 3.10. The molecule has 6 heteroatoms. The van der Waals surface area contributed by atoms with Crippen LogP contribution >= 0.6 is 0 Å². The minimum absolute atomic E-state index is 0.159. The van der Waals surface area contributed by atoms with Crippen molar-refractivity contribution < 1.29 is 9.18 Å². The van der Waals surface area contributed by atoms with E-state index in [9.17, 15) is 14.0 Å². The van der Waals surface area contributed by atoms with Crippen LogP contribution in [0.5, 0.6) is 0 Å². The average Bonchev–Trinajstić information content (AvgIpc) is 2.70. The molecule has 0 spiro atoms. The van der Waals surface area contributed by atoms with Crippen LogP contribution in [0.15, 0.2) is 47.5 Å². The van der Waals surface area contributed by atoms with E-state index in [1.165, 1.54) is 47.0 Å². The molecule has 1 aliphatic carbocycles. The number of amides is 1. The van der Waals surface area contributed by atoms with Gasteiger partial charge in [-0.25, -0.2) is 9.37 Å². The van der Waals surface area contributed by atoms with E-state index in [0.717, 1.165) is 24.5 Å². The molecule has 0 fully saturated rings. The molecule has 1 aromatic heterocycles. The Balaban J connectivity index is 1.49. The van der Waals surface area contributed by atoms with Gasteiger partial charge >= 0.3 is 0 Å². The van der Waals surface area contributed by atoms with E-state index in [4.69, 9.17) is 0 Å². The second kappa shape index (κ2) is 7.54. The van der Waals surface area contributed by atoms with Crippen LogP contribution in [0.25, 0.3) is 10.9 Å². The molecule has 0 bridgehead atoms. The highest BCUT2D eigenvalue weighted by molar-refractivity contribution is 5.79. The summed E-state index contributed by atoms with van der Waals surface area (Å²) in [4.78, 5) is 29.1. The lowest BCUT2D eigenvalue weighted by Crippen LogP contribution is -2.34. The monoisotopic (exact) mass is 379 g/mol. The minimum atomic E-state index is -0.505. The van der Waals surface area contributed by atoms with Crippen LogP contribution in [0, 0.1) is 5.82 Å². The normalized spacial score (nSPS) is 14.5. The maximum absolute atomic E-state index is 13.4. The van der Waals surface area contributed by atoms with E-state index in [-0.39, 0.29) is 23.9 Å². The lowest BCUT2D eigenvalue weighted by Gasteiger charge is -2.20. The smallest absolute Gasteiger partial charge is 0.261 e. The first-order valence-electron chi connectivity index (χ1n) is 9.57. The van der Waals surface area contributed by atoms with E-state index in [1.54, 1.807) is 0 Å². The Bertz CT molecular complexity index is 1110. The third-order valence-electron chi connectivity index (χ3n) is 5.35. The average molecular weight is 379 g/mol. The summed E-state index contributed by atoms with van der Waals surface area (Å²) in [6, 6.07) is 10.1. The van der Waals surface area contributed by atoms with Gasteiger partial charge in [0.1, 0.15) is 12.4 Å². The Morgan fingerprint density at radius 2 is 1.96 bits per heavy atom. The summed E-state index contributed by atoms with van der Waals surface area (Å²) in [6.07, 6.45) is 5.96. The maximum Gasteiger partial charge on any atom is 0.261 e. The van der Waals surface area contributed by atoms with E-state index < -0.39 is 11.4 Å². The number of fused-ring (bicyclic) bond motifs is 2. The van der Waals surface area contributed by atoms with Crippen molar-refractivity contribution in [3.8, 4) is 0 Å². The maximum atomic E-state index is 13.4. The number of hydrogen-bond acceptors (Lipinski definition) is 3. The summed E-state index contributed by atoms with van der Waals surface area (Å²) in [6.45, 7) is 1.77. The van der Waals surface area contributed by atoms with Gasteiger partial charge in [-0.3, -0.25) is 14.2 Å². The highest BCUT2D eigenvalue weighted by Crippen LogP contribution is 2.24. The number of nitrogens with one attached hydrogen (secondary N) is 1. The number of halogens is 1. The van der Waals surface area contributed by atoms with Gasteiger partial charge in [0.2, 0.25) is 5.91 Å². The molecular formula is C22H22FN3O2. The van der Waals surface area contributed by atoms with Gasteiger partial charge < -0.3 is 5.32 Å². The van der Waals surface area contributed by atoms with Gasteiger partial charge in [0.25, 0.3) is 5.56 Å². The number of carbonyl (C=O) groups is 1. The fourth-order valence-corrected chi connectivity index (χ4v) is 3.79. The second-order valence-electron chi connectivity index (χ2n) is 7.36. The van der Waals surface area contributed by atoms with Gasteiger partial charge in [0, 0.05) is 0 Å². The molecule has 5 nitrogen and oxygen atoms in total. The van der Waals surface area contributed by atoms with Crippen molar-refractivity contribution in [1.29, 1.82) is 0 Å². The molecule has 2 aromatic carbocycles. The Labute approximate surface area is 162 Å². The number of nitrogens with zero attached hydrogens (tertiary/aromatic N) is 2. The Kier molecular flexibility index (Phi) is 4.94. The fraction of sp³-hybridized carbons (Fsp3) is 0.318. The van der Waals surface area contributed by atoms with Crippen LogP contribution in [-0.2, 0) is 24.2 Å². The van der Waals surface area contributed by atoms with Crippen molar-refractivity contribution in [2.24, 2.45) is 0 Å². The van der Waals surface area contributed by atoms with Gasteiger partial charge in [0.15, 0.2) is 0 Å². The van der Waals surface area contributed by atoms with Crippen molar-refractivity contribution in [3.05, 3.63) is 75.6 Å². The number of benzene rings is 2. The molecule has 28 heavy (non-hydrogen) atoms. The molecule has 1 atom stereocenters. The zero-order valence-electron chi connectivity index (χ0n) is 15.7. The quantitative estimate of drug-likeness (QED) is 0.757. The molecule has 1 heterocycles. The number of aryl methyl sites for hydroxylation is 2. The highest BCUT2D eigenvalue weighted by Gasteiger charge is 2.15. The molecule has 0 saturated carbocycles. The first-order valence-corrected chi connectivity index (χ1v) is 9.57. The van der Waals surface area contributed by atoms with Crippen molar-refractivity contribution in [2.75, 3.05) is 0 Å². The van der Waals surface area contributed by atoms with Gasteiger partial charge in [-0.15, -0.1) is 0 Å². The van der Waals surface area contributed by atoms with Gasteiger partial charge in [-0.05, 0) is 67.5 Å². The number of hydrogen-bond donors (Lipinski definition) is 1. The second-order valence-corrected chi connectivity index (χ2v) is 7.36. The van der Waals surface area contributed by atoms with Gasteiger partial charge in [-0.2, -0.15) is 0 Å². The molecule has 1 aliphatic rings. The van der Waals surface area contributed by atoms with Crippen molar-refractivity contribution in [2.45, 2.75) is 45.2 Å². The van der Waals surface area contributed by atoms with E-state index in [0.29, 0.717) is 5.52 Å². The van der Waals surface area contributed by atoms with Gasteiger partial charge in [0.05, 0.1) is 23.3 Å². The molecule has 0 aliphatic heterocycles. The minimum Gasteiger partial charge on any atom is -0.348 e. The van der Waals surface area contributed by atoms with Crippen LogP contribution in [0.3, 0.4) is 0 Å². The standard InChI is InChI=1S/C22H22FN3O2/c1-14(16-7-6-15-4-2-3-5-17(15)10-16)25-21(27)12-26-13-24-20-9-8-18(23)11-19(20)22(26)28/h6-11,13-14H,2-5,12H2,1H3,(H,25,27). The SMILES string of the molecule is CC(NC(=O)Cn1cnc2ccc(F)cc2c1=O)c1ccc2c(c1)CCCC2. The lowest BCUT2D eigenvalue weighted by atomic mass is 9.89. The Hall–Kier alpha value is -3.02. The zero-order valence-corrected chi connectivity index (χ0v) is 15.7. The van der Waals surface area contributed by atoms with E-state index in [2.05, 4.69) is 28.5 Å². The largest absolute Gasteiger partial charge is 0.348 e. The summed E-state index contributed by atoms with van der Waals surface area (Å²) < 4.78 is 14.6. The molecule has 0 saturated heterocycles. The van der Waals surface area contributed by atoms with Crippen molar-refractivity contribution in [3.63, 3.8) is 0 Å². The summed E-state index contributed by atoms with van der Waals surface area (Å²) in [5.41, 5.74) is 3.79. The number of aromatic nitrogens is 2. The van der Waals surface area contributed by atoms with Crippen LogP contribution in [0.1, 0.15) is 42.5 Å². The summed E-state index contributed by atoms with van der Waals surface area (Å²) in [5.74, 6) is -0.792. The van der Waals surface area contributed by atoms with Gasteiger partial charge in [-0.1, -0.05) is 18.2 Å². The number of carbonyl (C=O) groups excluding carboxylic acids is 1. The third-order valence-corrected chi connectivity index (χ3v) is 5.35. The zero-order chi connectivity index (χ0) is 19.7. The highest BCUT2D eigenvalue weighted by atomic mass is 19.1. The predicted molar refractivity (Wildman–Crippen MR) is 106 cm³/mol. The fourth-order valence-electron chi connectivity index (χ4n) is 3.79. The molecule has 3 aromatic rings. The Morgan fingerprint density at radius 1 is 1.18 bits per heavy atom. The molecular weight excluding hydrogens is 357 g/mol. The van der Waals surface area contributed by atoms with Crippen LogP contribution in [0.4, 0.5) is 4.39 Å². The van der Waals surface area contributed by atoms with Crippen LogP contribution in [0.2, 0.25) is 0 Å². The molecule has 0 radical (unpaired) electrons. The topological polar surface area (TPSA) is 64.0 Å². The van der Waals surface area contributed by atoms with Crippen molar-refractivity contribution in [1.82, 2.24) is 14.9 Å². The first kappa shape index (κ1) is 18.3. The first-order chi connectivity index (χ1) is 13.5. The summed E-state index contributed by atoms with van der Waals surface area (Å²) in [7, 11) is 0. The molecule has 144 valence electrons. The molecule has 1 unspecified atom stereocenters. The van der Waals surface area contributed by atoms with Crippen molar-refractivity contribution >= 4 is 16.8 Å². The Morgan fingerprint density at radius 3 is 2.79 bits per heavy atom. The third kappa shape index (κ3) is 3.67. The summed E-state index contributed by atoms with van der Waals surface area (Å²) >= 11 is 0. The predicted octanol–water partition coefficient (Wildman–Crippen LogP) is 3.29. The van der Waals surface area contributed by atoms with Crippen LogP contribution < -0.4 is 10.9 Å². The molecule has 1 N–H and O–H groups in total. The molecule has 4 rings (SSSR count).